The number of fused-ring (bicyclic) bond motifs is 1. The summed E-state index contributed by atoms with van der Waals surface area (Å²) in [7, 11) is 0. The van der Waals surface area contributed by atoms with Crippen LogP contribution in [0.5, 0.6) is 0 Å². The quantitative estimate of drug-likeness (QED) is 0.572. The Morgan fingerprint density at radius 1 is 1.32 bits per heavy atom. The van der Waals surface area contributed by atoms with Gasteiger partial charge in [-0.1, -0.05) is 6.07 Å². The molecule has 3 heterocycles. The van der Waals surface area contributed by atoms with Crippen molar-refractivity contribution >= 4 is 17.9 Å². The zero-order chi connectivity index (χ0) is 15.5. The Morgan fingerprint density at radius 2 is 2.18 bits per heavy atom. The molecule has 3 aromatic rings. The van der Waals surface area contributed by atoms with Crippen LogP contribution < -0.4 is 5.43 Å². The largest absolute Gasteiger partial charge is 0.311 e. The molecule has 0 aliphatic carbocycles. The van der Waals surface area contributed by atoms with Gasteiger partial charge in [0.05, 0.1) is 11.9 Å². The molecule has 0 aliphatic heterocycles. The van der Waals surface area contributed by atoms with Crippen molar-refractivity contribution < 1.29 is 4.79 Å². The lowest BCUT2D eigenvalue weighted by Crippen LogP contribution is -2.19. The number of carbonyl (C=O) groups is 1. The van der Waals surface area contributed by atoms with Crippen molar-refractivity contribution in [3.8, 4) is 0 Å². The molecular weight excluding hydrogens is 282 g/mol. The summed E-state index contributed by atoms with van der Waals surface area (Å²) in [6.07, 6.45) is 3.09. The minimum Gasteiger partial charge on any atom is -0.264 e. The first-order valence-corrected chi connectivity index (χ1v) is 6.59. The van der Waals surface area contributed by atoms with Crippen molar-refractivity contribution in [3.05, 3.63) is 53.4 Å². The first kappa shape index (κ1) is 13.8. The van der Waals surface area contributed by atoms with Gasteiger partial charge >= 0.3 is 5.91 Å². The summed E-state index contributed by atoms with van der Waals surface area (Å²) in [6, 6.07) is 7.27. The molecule has 0 spiro atoms. The summed E-state index contributed by atoms with van der Waals surface area (Å²) in [5.74, 6) is -0.106. The van der Waals surface area contributed by atoms with Gasteiger partial charge in [0.15, 0.2) is 0 Å². The first-order chi connectivity index (χ1) is 10.6. The van der Waals surface area contributed by atoms with Gasteiger partial charge in [-0.2, -0.15) is 10.1 Å². The minimum atomic E-state index is -0.505. The zero-order valence-electron chi connectivity index (χ0n) is 12.1. The van der Waals surface area contributed by atoms with Crippen molar-refractivity contribution in [2.24, 2.45) is 5.10 Å². The molecule has 8 nitrogen and oxygen atoms in total. The number of hydrogen-bond acceptors (Lipinski definition) is 6. The lowest BCUT2D eigenvalue weighted by atomic mass is 10.4. The van der Waals surface area contributed by atoms with E-state index in [1.54, 1.807) is 18.3 Å². The lowest BCUT2D eigenvalue weighted by Gasteiger charge is -1.97. The number of rotatable bonds is 3. The number of hydrogen-bond donors (Lipinski definition) is 1. The van der Waals surface area contributed by atoms with Gasteiger partial charge in [0.1, 0.15) is 0 Å². The van der Waals surface area contributed by atoms with Gasteiger partial charge in [-0.15, -0.1) is 5.10 Å². The molecule has 0 saturated heterocycles. The number of nitrogens with zero attached hydrogens (tertiary/aromatic N) is 6. The van der Waals surface area contributed by atoms with Crippen molar-refractivity contribution in [2.45, 2.75) is 13.8 Å². The van der Waals surface area contributed by atoms with Crippen LogP contribution in [0.3, 0.4) is 0 Å². The highest BCUT2D eigenvalue weighted by Crippen LogP contribution is 2.05. The fourth-order valence-corrected chi connectivity index (χ4v) is 1.92. The number of hydrazone groups is 1. The monoisotopic (exact) mass is 295 g/mol. The Kier molecular flexibility index (Phi) is 3.57. The molecule has 110 valence electrons. The molecule has 0 unspecified atom stereocenters. The average molecular weight is 295 g/mol. The molecule has 3 rings (SSSR count). The number of amides is 1. The van der Waals surface area contributed by atoms with Crippen LogP contribution in [0.15, 0.2) is 35.6 Å². The third-order valence-corrected chi connectivity index (χ3v) is 2.87. The van der Waals surface area contributed by atoms with Crippen molar-refractivity contribution in [3.63, 3.8) is 0 Å². The average Bonchev–Trinajstić information content (AvgIpc) is 2.92. The SMILES string of the molecule is Cc1cc(C)n2nc(C(=O)N/N=C\c3ccccn3)nc2n1. The number of carbonyl (C=O) groups excluding carboxylic acids is 1. The van der Waals surface area contributed by atoms with Gasteiger partial charge in [-0.3, -0.25) is 9.78 Å². The molecule has 0 aromatic carbocycles. The Labute approximate surface area is 125 Å². The molecule has 3 aromatic heterocycles. The standard InChI is InChI=1S/C14H13N7O/c1-9-7-10(2)21-14(17-9)18-12(20-21)13(22)19-16-8-11-5-3-4-6-15-11/h3-8H,1-2H3,(H,19,22)/b16-8-. The number of nitrogens with one attached hydrogen (secondary N) is 1. The topological polar surface area (TPSA) is 97.4 Å². The van der Waals surface area contributed by atoms with E-state index in [2.05, 4.69) is 30.6 Å². The van der Waals surface area contributed by atoms with E-state index < -0.39 is 5.91 Å². The van der Waals surface area contributed by atoms with Crippen LogP contribution in [0.25, 0.3) is 5.78 Å². The normalized spacial score (nSPS) is 11.2. The summed E-state index contributed by atoms with van der Waals surface area (Å²) < 4.78 is 1.52. The van der Waals surface area contributed by atoms with Gasteiger partial charge in [0.25, 0.3) is 5.78 Å². The van der Waals surface area contributed by atoms with Gasteiger partial charge in [0.2, 0.25) is 5.82 Å². The number of aromatic nitrogens is 5. The van der Waals surface area contributed by atoms with Gasteiger partial charge in [-0.25, -0.2) is 14.9 Å². The fraction of sp³-hybridized carbons (Fsp3) is 0.143. The second-order valence-corrected chi connectivity index (χ2v) is 4.64. The molecule has 8 heteroatoms. The third kappa shape index (κ3) is 2.80. The summed E-state index contributed by atoms with van der Waals surface area (Å²) in [5, 5.41) is 7.95. The fourth-order valence-electron chi connectivity index (χ4n) is 1.92. The Balaban J connectivity index is 1.78. The highest BCUT2D eigenvalue weighted by molar-refractivity contribution is 5.91. The number of pyridine rings is 1. The molecule has 0 bridgehead atoms. The summed E-state index contributed by atoms with van der Waals surface area (Å²) in [4.78, 5) is 24.4. The highest BCUT2D eigenvalue weighted by Gasteiger charge is 2.14. The van der Waals surface area contributed by atoms with Crippen LogP contribution in [0.2, 0.25) is 0 Å². The van der Waals surface area contributed by atoms with E-state index in [0.29, 0.717) is 11.5 Å². The van der Waals surface area contributed by atoms with Crippen molar-refractivity contribution in [1.82, 2.24) is 30.0 Å². The second kappa shape index (κ2) is 5.68. The van der Waals surface area contributed by atoms with Crippen LogP contribution in [-0.2, 0) is 0 Å². The molecule has 0 aliphatic rings. The van der Waals surface area contributed by atoms with Crippen LogP contribution in [0.4, 0.5) is 0 Å². The predicted octanol–water partition coefficient (Wildman–Crippen LogP) is 0.900. The maximum absolute atomic E-state index is 12.0. The van der Waals surface area contributed by atoms with E-state index in [9.17, 15) is 4.79 Å². The summed E-state index contributed by atoms with van der Waals surface area (Å²) >= 11 is 0. The maximum Gasteiger partial charge on any atom is 0.311 e. The van der Waals surface area contributed by atoms with Crippen LogP contribution >= 0.6 is 0 Å². The van der Waals surface area contributed by atoms with Crippen LogP contribution in [0, 0.1) is 13.8 Å². The Hall–Kier alpha value is -3.16. The predicted molar refractivity (Wildman–Crippen MR) is 79.6 cm³/mol. The minimum absolute atomic E-state index is 0.0133. The van der Waals surface area contributed by atoms with E-state index in [4.69, 9.17) is 0 Å². The van der Waals surface area contributed by atoms with Gasteiger partial charge < -0.3 is 0 Å². The summed E-state index contributed by atoms with van der Waals surface area (Å²) in [5.41, 5.74) is 4.67. The van der Waals surface area contributed by atoms with Gasteiger partial charge in [0, 0.05) is 17.6 Å². The molecule has 0 saturated carbocycles. The number of aryl methyl sites for hydroxylation is 2. The molecule has 1 amide bonds. The smallest absolute Gasteiger partial charge is 0.264 e. The molecule has 0 fully saturated rings. The molecular formula is C14H13N7O. The molecule has 0 atom stereocenters. The van der Waals surface area contributed by atoms with Crippen molar-refractivity contribution in [2.75, 3.05) is 0 Å². The lowest BCUT2D eigenvalue weighted by molar-refractivity contribution is 0.0945. The van der Waals surface area contributed by atoms with Crippen molar-refractivity contribution in [1.29, 1.82) is 0 Å². The maximum atomic E-state index is 12.0. The van der Waals surface area contributed by atoms with E-state index in [1.807, 2.05) is 26.0 Å². The van der Waals surface area contributed by atoms with E-state index in [-0.39, 0.29) is 5.82 Å². The Bertz CT molecular complexity index is 854. The van der Waals surface area contributed by atoms with E-state index in [1.165, 1.54) is 10.7 Å². The molecule has 0 radical (unpaired) electrons. The Morgan fingerprint density at radius 3 is 2.95 bits per heavy atom. The second-order valence-electron chi connectivity index (χ2n) is 4.64. The molecule has 22 heavy (non-hydrogen) atoms. The zero-order valence-corrected chi connectivity index (χ0v) is 12.1. The third-order valence-electron chi connectivity index (χ3n) is 2.87. The van der Waals surface area contributed by atoms with Gasteiger partial charge in [-0.05, 0) is 32.0 Å². The van der Waals surface area contributed by atoms with Crippen LogP contribution in [-0.4, -0.2) is 36.7 Å². The molecule has 1 N–H and O–H groups in total. The van der Waals surface area contributed by atoms with Crippen LogP contribution in [0.1, 0.15) is 27.7 Å². The summed E-state index contributed by atoms with van der Waals surface area (Å²) in [6.45, 7) is 3.73. The first-order valence-electron chi connectivity index (χ1n) is 6.59. The van der Waals surface area contributed by atoms with E-state index >= 15 is 0 Å². The highest BCUT2D eigenvalue weighted by atomic mass is 16.2. The van der Waals surface area contributed by atoms with E-state index in [0.717, 1.165) is 11.4 Å².